The molecule has 0 saturated heterocycles. The Morgan fingerprint density at radius 1 is 1.00 bits per heavy atom. The van der Waals surface area contributed by atoms with Crippen LogP contribution in [0, 0.1) is 0 Å². The summed E-state index contributed by atoms with van der Waals surface area (Å²) < 4.78 is 11.6. The van der Waals surface area contributed by atoms with E-state index in [1.165, 1.54) is 5.56 Å². The fourth-order valence-electron chi connectivity index (χ4n) is 1.92. The van der Waals surface area contributed by atoms with E-state index < -0.39 is 0 Å². The van der Waals surface area contributed by atoms with Gasteiger partial charge in [0.2, 0.25) is 0 Å². The molecule has 0 saturated carbocycles. The third-order valence-electron chi connectivity index (χ3n) is 2.87. The number of para-hydroxylation sites is 2. The Hall–Kier alpha value is -2.00. The zero-order valence-electron chi connectivity index (χ0n) is 11.8. The maximum absolute atomic E-state index is 5.93. The average molecular weight is 271 g/mol. The van der Waals surface area contributed by atoms with E-state index >= 15 is 0 Å². The summed E-state index contributed by atoms with van der Waals surface area (Å²) in [7, 11) is 0. The zero-order valence-corrected chi connectivity index (χ0v) is 11.8. The second kappa shape index (κ2) is 7.56. The molecule has 2 rings (SSSR count). The van der Waals surface area contributed by atoms with Crippen molar-refractivity contribution in [2.75, 3.05) is 13.2 Å². The highest BCUT2D eigenvalue weighted by molar-refractivity contribution is 5.43. The molecule has 0 bridgehead atoms. The predicted octanol–water partition coefficient (Wildman–Crippen LogP) is 3.77. The summed E-state index contributed by atoms with van der Waals surface area (Å²) in [6.45, 7) is 3.41. The van der Waals surface area contributed by atoms with E-state index in [9.17, 15) is 0 Å². The van der Waals surface area contributed by atoms with Gasteiger partial charge in [0.15, 0.2) is 11.5 Å². The first-order chi connectivity index (χ1) is 9.83. The molecular formula is C17H21NO2. The molecule has 0 aromatic heterocycles. The van der Waals surface area contributed by atoms with Gasteiger partial charge in [-0.3, -0.25) is 0 Å². The summed E-state index contributed by atoms with van der Waals surface area (Å²) in [5.41, 5.74) is 6.76. The molecule has 0 fully saturated rings. The molecule has 106 valence electrons. The first kappa shape index (κ1) is 14.4. The molecule has 20 heavy (non-hydrogen) atoms. The van der Waals surface area contributed by atoms with Crippen LogP contribution < -0.4 is 15.2 Å². The van der Waals surface area contributed by atoms with E-state index in [1.54, 1.807) is 0 Å². The highest BCUT2D eigenvalue weighted by Crippen LogP contribution is 2.31. The first-order valence-corrected chi connectivity index (χ1v) is 7.02. The van der Waals surface area contributed by atoms with E-state index in [2.05, 4.69) is 13.0 Å². The van der Waals surface area contributed by atoms with E-state index in [4.69, 9.17) is 15.2 Å². The van der Waals surface area contributed by atoms with Crippen LogP contribution in [-0.4, -0.2) is 13.2 Å². The zero-order chi connectivity index (χ0) is 14.2. The van der Waals surface area contributed by atoms with Gasteiger partial charge < -0.3 is 15.2 Å². The Balaban J connectivity index is 2.14. The summed E-state index contributed by atoms with van der Waals surface area (Å²) in [5.74, 6) is 2.33. The van der Waals surface area contributed by atoms with Crippen molar-refractivity contribution in [1.82, 2.24) is 0 Å². The molecule has 0 spiro atoms. The van der Waals surface area contributed by atoms with E-state index in [1.807, 2.05) is 42.5 Å². The van der Waals surface area contributed by atoms with Crippen LogP contribution in [0.1, 0.15) is 18.9 Å². The molecule has 2 aromatic rings. The normalized spacial score (nSPS) is 10.3. The fraction of sp³-hybridized carbons (Fsp3) is 0.294. The average Bonchev–Trinajstić information content (AvgIpc) is 2.47. The van der Waals surface area contributed by atoms with Crippen LogP contribution in [0.2, 0.25) is 0 Å². The van der Waals surface area contributed by atoms with Crippen molar-refractivity contribution in [1.29, 1.82) is 0 Å². The fourth-order valence-corrected chi connectivity index (χ4v) is 1.92. The third kappa shape index (κ3) is 4.00. The summed E-state index contributed by atoms with van der Waals surface area (Å²) in [5, 5.41) is 0. The molecule has 0 amide bonds. The van der Waals surface area contributed by atoms with Gasteiger partial charge in [-0.05, 0) is 49.2 Å². The van der Waals surface area contributed by atoms with Gasteiger partial charge in [0, 0.05) is 0 Å². The van der Waals surface area contributed by atoms with Crippen molar-refractivity contribution in [2.24, 2.45) is 5.73 Å². The number of benzene rings is 2. The third-order valence-corrected chi connectivity index (χ3v) is 2.87. The smallest absolute Gasteiger partial charge is 0.169 e. The van der Waals surface area contributed by atoms with Gasteiger partial charge >= 0.3 is 0 Å². The quantitative estimate of drug-likeness (QED) is 0.833. The van der Waals surface area contributed by atoms with Crippen molar-refractivity contribution in [3.63, 3.8) is 0 Å². The Morgan fingerprint density at radius 2 is 1.80 bits per heavy atom. The number of ether oxygens (including phenoxy) is 2. The van der Waals surface area contributed by atoms with Gasteiger partial charge in [0.1, 0.15) is 5.75 Å². The second-order valence-electron chi connectivity index (χ2n) is 4.58. The Kier molecular flexibility index (Phi) is 5.44. The minimum Gasteiger partial charge on any atom is -0.490 e. The lowest BCUT2D eigenvalue weighted by Crippen LogP contribution is -2.02. The summed E-state index contributed by atoms with van der Waals surface area (Å²) in [4.78, 5) is 0. The van der Waals surface area contributed by atoms with Crippen molar-refractivity contribution >= 4 is 0 Å². The van der Waals surface area contributed by atoms with Crippen LogP contribution in [0.15, 0.2) is 48.5 Å². The van der Waals surface area contributed by atoms with Gasteiger partial charge in [-0.2, -0.15) is 0 Å². The molecule has 0 radical (unpaired) electrons. The minimum absolute atomic E-state index is 0.639. The highest BCUT2D eigenvalue weighted by atomic mass is 16.5. The maximum atomic E-state index is 5.93. The Bertz CT molecular complexity index is 540. The second-order valence-corrected chi connectivity index (χ2v) is 4.58. The molecule has 0 aliphatic carbocycles. The molecule has 0 aliphatic rings. The maximum Gasteiger partial charge on any atom is 0.169 e. The molecule has 2 aromatic carbocycles. The lowest BCUT2D eigenvalue weighted by Gasteiger charge is -2.12. The lowest BCUT2D eigenvalue weighted by atomic mass is 10.1. The largest absolute Gasteiger partial charge is 0.490 e. The van der Waals surface area contributed by atoms with Crippen molar-refractivity contribution in [2.45, 2.75) is 19.8 Å². The molecule has 0 heterocycles. The van der Waals surface area contributed by atoms with Crippen molar-refractivity contribution in [3.05, 3.63) is 54.1 Å². The van der Waals surface area contributed by atoms with Gasteiger partial charge in [-0.25, -0.2) is 0 Å². The van der Waals surface area contributed by atoms with Crippen LogP contribution in [0.4, 0.5) is 0 Å². The number of hydrogen-bond acceptors (Lipinski definition) is 3. The van der Waals surface area contributed by atoms with Gasteiger partial charge in [0.25, 0.3) is 0 Å². The number of rotatable bonds is 7. The Morgan fingerprint density at radius 3 is 2.55 bits per heavy atom. The molecular weight excluding hydrogens is 250 g/mol. The van der Waals surface area contributed by atoms with Crippen molar-refractivity contribution < 1.29 is 9.47 Å². The first-order valence-electron chi connectivity index (χ1n) is 7.02. The minimum atomic E-state index is 0.639. The topological polar surface area (TPSA) is 44.5 Å². The molecule has 2 N–H and O–H groups in total. The van der Waals surface area contributed by atoms with Crippen molar-refractivity contribution in [3.8, 4) is 17.2 Å². The summed E-state index contributed by atoms with van der Waals surface area (Å²) in [6, 6.07) is 15.7. The van der Waals surface area contributed by atoms with Crippen LogP contribution >= 0.6 is 0 Å². The SMILES string of the molecule is CCCOc1ccccc1Oc1cccc(CCN)c1. The van der Waals surface area contributed by atoms with Gasteiger partial charge in [0.05, 0.1) is 6.61 Å². The lowest BCUT2D eigenvalue weighted by molar-refractivity contribution is 0.302. The van der Waals surface area contributed by atoms with Gasteiger partial charge in [-0.1, -0.05) is 31.2 Å². The van der Waals surface area contributed by atoms with Crippen LogP contribution in [-0.2, 0) is 6.42 Å². The van der Waals surface area contributed by atoms with E-state index in [0.29, 0.717) is 13.2 Å². The summed E-state index contributed by atoms with van der Waals surface area (Å²) in [6.07, 6.45) is 1.82. The standard InChI is InChI=1S/C17H21NO2/c1-2-12-19-16-8-3-4-9-17(16)20-15-7-5-6-14(13-15)10-11-18/h3-9,13H,2,10-12,18H2,1H3. The number of nitrogens with two attached hydrogens (primary N) is 1. The monoisotopic (exact) mass is 271 g/mol. The molecule has 0 aliphatic heterocycles. The molecule has 3 nitrogen and oxygen atoms in total. The van der Waals surface area contributed by atoms with Crippen LogP contribution in [0.25, 0.3) is 0 Å². The van der Waals surface area contributed by atoms with Crippen LogP contribution in [0.3, 0.4) is 0 Å². The highest BCUT2D eigenvalue weighted by Gasteiger charge is 2.05. The van der Waals surface area contributed by atoms with E-state index in [-0.39, 0.29) is 0 Å². The molecule has 3 heteroatoms. The Labute approximate surface area is 120 Å². The van der Waals surface area contributed by atoms with E-state index in [0.717, 1.165) is 30.1 Å². The van der Waals surface area contributed by atoms with Crippen LogP contribution in [0.5, 0.6) is 17.2 Å². The number of hydrogen-bond donors (Lipinski definition) is 1. The molecule has 0 atom stereocenters. The molecule has 0 unspecified atom stereocenters. The predicted molar refractivity (Wildman–Crippen MR) is 81.5 cm³/mol. The van der Waals surface area contributed by atoms with Gasteiger partial charge in [-0.15, -0.1) is 0 Å². The summed E-state index contributed by atoms with van der Waals surface area (Å²) >= 11 is 0.